The first kappa shape index (κ1) is 16.0. The molecule has 0 atom stereocenters. The van der Waals surface area contributed by atoms with Crippen LogP contribution in [0.4, 0.5) is 0 Å². The summed E-state index contributed by atoms with van der Waals surface area (Å²) >= 11 is 6.15. The molecule has 1 aliphatic carbocycles. The highest BCUT2D eigenvalue weighted by Crippen LogP contribution is 2.29. The van der Waals surface area contributed by atoms with Gasteiger partial charge in [-0.1, -0.05) is 42.6 Å². The molecule has 122 valence electrons. The Bertz CT molecular complexity index is 693. The number of nitrogens with zero attached hydrogens (tertiary/aromatic N) is 2. The molecule has 2 N–H and O–H groups in total. The number of aromatic nitrogens is 2. The van der Waals surface area contributed by atoms with Crippen LogP contribution < -0.4 is 5.32 Å². The summed E-state index contributed by atoms with van der Waals surface area (Å²) in [6.45, 7) is 0.491. The molecule has 1 aliphatic rings. The molecule has 3 rings (SSSR count). The van der Waals surface area contributed by atoms with E-state index >= 15 is 0 Å². The molecule has 1 fully saturated rings. The van der Waals surface area contributed by atoms with Crippen molar-refractivity contribution in [2.75, 3.05) is 6.61 Å². The second-order valence-electron chi connectivity index (χ2n) is 6.12. The third-order valence-corrected chi connectivity index (χ3v) is 4.80. The third-order valence-electron chi connectivity index (χ3n) is 4.43. The molecule has 1 heterocycles. The van der Waals surface area contributed by atoms with Crippen molar-refractivity contribution in [3.63, 3.8) is 0 Å². The van der Waals surface area contributed by atoms with Gasteiger partial charge in [0.15, 0.2) is 0 Å². The summed E-state index contributed by atoms with van der Waals surface area (Å²) < 4.78 is 1.69. The number of carbonyl (C=O) groups is 1. The molecule has 23 heavy (non-hydrogen) atoms. The molecule has 5 nitrogen and oxygen atoms in total. The van der Waals surface area contributed by atoms with E-state index in [1.165, 1.54) is 0 Å². The average molecular weight is 334 g/mol. The van der Waals surface area contributed by atoms with Gasteiger partial charge < -0.3 is 10.4 Å². The van der Waals surface area contributed by atoms with Gasteiger partial charge in [0, 0.05) is 11.2 Å². The summed E-state index contributed by atoms with van der Waals surface area (Å²) in [5.74, 6) is -0.189. The fraction of sp³-hybridized carbons (Fsp3) is 0.412. The highest BCUT2D eigenvalue weighted by atomic mass is 35.5. The van der Waals surface area contributed by atoms with E-state index in [1.54, 1.807) is 17.1 Å². The van der Waals surface area contributed by atoms with E-state index in [-0.39, 0.29) is 12.5 Å². The Labute approximate surface area is 140 Å². The Morgan fingerprint density at radius 3 is 2.78 bits per heavy atom. The molecule has 1 amide bonds. The summed E-state index contributed by atoms with van der Waals surface area (Å²) in [4.78, 5) is 12.4. The van der Waals surface area contributed by atoms with E-state index in [0.29, 0.717) is 17.1 Å². The average Bonchev–Trinajstić information content (AvgIpc) is 3.20. The van der Waals surface area contributed by atoms with E-state index in [9.17, 15) is 9.90 Å². The third kappa shape index (κ3) is 3.57. The Morgan fingerprint density at radius 2 is 2.09 bits per heavy atom. The maximum absolute atomic E-state index is 12.4. The quantitative estimate of drug-likeness (QED) is 0.884. The summed E-state index contributed by atoms with van der Waals surface area (Å²) in [7, 11) is 0. The van der Waals surface area contributed by atoms with Crippen molar-refractivity contribution in [2.24, 2.45) is 0 Å². The van der Waals surface area contributed by atoms with Crippen LogP contribution >= 0.6 is 11.6 Å². The zero-order chi connectivity index (χ0) is 16.3. The van der Waals surface area contributed by atoms with Gasteiger partial charge in [-0.05, 0) is 24.5 Å². The number of aliphatic hydroxyl groups excluding tert-OH is 1. The SMILES string of the molecule is O=C(NC1(CO)CCCC1)c1cnn(Cc2ccccc2Cl)c1. The van der Waals surface area contributed by atoms with Gasteiger partial charge in [-0.15, -0.1) is 0 Å². The highest BCUT2D eigenvalue weighted by Gasteiger charge is 2.35. The Hall–Kier alpha value is -1.85. The standard InChI is InChI=1S/C17H20ClN3O2/c18-15-6-2-1-5-13(15)10-21-11-14(9-19-21)16(23)20-17(12-22)7-3-4-8-17/h1-2,5-6,9,11,22H,3-4,7-8,10,12H2,(H,20,23). The molecule has 0 bridgehead atoms. The predicted octanol–water partition coefficient (Wildman–Crippen LogP) is 2.62. The van der Waals surface area contributed by atoms with Gasteiger partial charge in [-0.25, -0.2) is 0 Å². The molecule has 0 saturated heterocycles. The summed E-state index contributed by atoms with van der Waals surface area (Å²) in [5.41, 5.74) is 0.977. The summed E-state index contributed by atoms with van der Waals surface area (Å²) in [6, 6.07) is 7.56. The largest absolute Gasteiger partial charge is 0.394 e. The minimum atomic E-state index is -0.470. The number of hydrogen-bond donors (Lipinski definition) is 2. The monoisotopic (exact) mass is 333 g/mol. The van der Waals surface area contributed by atoms with Gasteiger partial charge in [0.2, 0.25) is 0 Å². The topological polar surface area (TPSA) is 67.2 Å². The lowest BCUT2D eigenvalue weighted by atomic mass is 9.98. The van der Waals surface area contributed by atoms with Crippen molar-refractivity contribution in [1.82, 2.24) is 15.1 Å². The lowest BCUT2D eigenvalue weighted by Crippen LogP contribution is -2.49. The maximum atomic E-state index is 12.4. The van der Waals surface area contributed by atoms with Crippen LogP contribution in [0.3, 0.4) is 0 Å². The molecular formula is C17H20ClN3O2. The fourth-order valence-electron chi connectivity index (χ4n) is 3.06. The van der Waals surface area contributed by atoms with Crippen LogP contribution in [-0.2, 0) is 6.54 Å². The number of rotatable bonds is 5. The van der Waals surface area contributed by atoms with Crippen LogP contribution in [0, 0.1) is 0 Å². The Morgan fingerprint density at radius 1 is 1.35 bits per heavy atom. The smallest absolute Gasteiger partial charge is 0.254 e. The van der Waals surface area contributed by atoms with Crippen LogP contribution in [0.1, 0.15) is 41.6 Å². The van der Waals surface area contributed by atoms with Crippen molar-refractivity contribution in [1.29, 1.82) is 0 Å². The van der Waals surface area contributed by atoms with E-state index < -0.39 is 5.54 Å². The first-order valence-electron chi connectivity index (χ1n) is 7.81. The van der Waals surface area contributed by atoms with E-state index in [2.05, 4.69) is 10.4 Å². The Balaban J connectivity index is 1.69. The molecule has 0 aliphatic heterocycles. The van der Waals surface area contributed by atoms with Crippen LogP contribution in [0.5, 0.6) is 0 Å². The van der Waals surface area contributed by atoms with Crippen LogP contribution in [0.25, 0.3) is 0 Å². The van der Waals surface area contributed by atoms with Crippen molar-refractivity contribution in [3.8, 4) is 0 Å². The zero-order valence-electron chi connectivity index (χ0n) is 12.8. The van der Waals surface area contributed by atoms with Gasteiger partial charge in [0.1, 0.15) is 0 Å². The zero-order valence-corrected chi connectivity index (χ0v) is 13.6. The van der Waals surface area contributed by atoms with Crippen molar-refractivity contribution in [3.05, 3.63) is 52.8 Å². The van der Waals surface area contributed by atoms with Gasteiger partial charge in [0.25, 0.3) is 5.91 Å². The number of halogens is 1. The van der Waals surface area contributed by atoms with Crippen molar-refractivity contribution < 1.29 is 9.90 Å². The normalized spacial score (nSPS) is 16.4. The minimum absolute atomic E-state index is 0.0213. The molecule has 0 radical (unpaired) electrons. The first-order chi connectivity index (χ1) is 11.1. The second kappa shape index (κ2) is 6.72. The molecule has 1 aromatic heterocycles. The number of amides is 1. The molecule has 6 heteroatoms. The number of carbonyl (C=O) groups excluding carboxylic acids is 1. The van der Waals surface area contributed by atoms with E-state index in [0.717, 1.165) is 31.2 Å². The molecule has 2 aromatic rings. The van der Waals surface area contributed by atoms with E-state index in [4.69, 9.17) is 11.6 Å². The lowest BCUT2D eigenvalue weighted by Gasteiger charge is -2.27. The lowest BCUT2D eigenvalue weighted by molar-refractivity contribution is 0.0838. The maximum Gasteiger partial charge on any atom is 0.254 e. The Kier molecular flexibility index (Phi) is 4.68. The van der Waals surface area contributed by atoms with E-state index in [1.807, 2.05) is 24.3 Å². The second-order valence-corrected chi connectivity index (χ2v) is 6.52. The van der Waals surface area contributed by atoms with Crippen molar-refractivity contribution >= 4 is 17.5 Å². The highest BCUT2D eigenvalue weighted by molar-refractivity contribution is 6.31. The number of hydrogen-bond acceptors (Lipinski definition) is 3. The van der Waals surface area contributed by atoms with Crippen LogP contribution in [0.2, 0.25) is 5.02 Å². The molecule has 1 saturated carbocycles. The van der Waals surface area contributed by atoms with Crippen LogP contribution in [0.15, 0.2) is 36.7 Å². The van der Waals surface area contributed by atoms with Crippen molar-refractivity contribution in [2.45, 2.75) is 37.8 Å². The first-order valence-corrected chi connectivity index (χ1v) is 8.19. The number of aliphatic hydroxyl groups is 1. The summed E-state index contributed by atoms with van der Waals surface area (Å²) in [6.07, 6.45) is 6.97. The molecule has 1 aromatic carbocycles. The predicted molar refractivity (Wildman–Crippen MR) is 88.5 cm³/mol. The fourth-order valence-corrected chi connectivity index (χ4v) is 3.25. The van der Waals surface area contributed by atoms with Gasteiger partial charge >= 0.3 is 0 Å². The molecular weight excluding hydrogens is 314 g/mol. The minimum Gasteiger partial charge on any atom is -0.394 e. The number of benzene rings is 1. The number of nitrogens with one attached hydrogen (secondary N) is 1. The van der Waals surface area contributed by atoms with Gasteiger partial charge in [-0.3, -0.25) is 9.48 Å². The molecule has 0 spiro atoms. The van der Waals surface area contributed by atoms with Gasteiger partial charge in [0.05, 0.1) is 30.5 Å². The summed E-state index contributed by atoms with van der Waals surface area (Å²) in [5, 5.41) is 17.5. The van der Waals surface area contributed by atoms with Crippen LogP contribution in [-0.4, -0.2) is 32.9 Å². The van der Waals surface area contributed by atoms with Gasteiger partial charge in [-0.2, -0.15) is 5.10 Å². The molecule has 0 unspecified atom stereocenters.